The highest BCUT2D eigenvalue weighted by Crippen LogP contribution is 2.09. The van der Waals surface area contributed by atoms with Gasteiger partial charge in [-0.25, -0.2) is 0 Å². The van der Waals surface area contributed by atoms with Crippen LogP contribution in [0.25, 0.3) is 0 Å². The van der Waals surface area contributed by atoms with E-state index in [0.717, 1.165) is 19.1 Å². The molecule has 1 heterocycles. The lowest BCUT2D eigenvalue weighted by Crippen LogP contribution is -2.36. The van der Waals surface area contributed by atoms with Gasteiger partial charge >= 0.3 is 0 Å². The van der Waals surface area contributed by atoms with Gasteiger partial charge in [-0.3, -0.25) is 14.8 Å². The van der Waals surface area contributed by atoms with Crippen LogP contribution < -0.4 is 0 Å². The normalized spacial score (nSPS) is 16.2. The molecular formula is C10H20N2O2Si. The van der Waals surface area contributed by atoms with E-state index in [1.807, 2.05) is 12.3 Å². The van der Waals surface area contributed by atoms with Crippen LogP contribution in [-0.2, 0) is 9.53 Å². The van der Waals surface area contributed by atoms with Gasteiger partial charge in [-0.2, -0.15) is 0 Å². The molecule has 0 aromatic heterocycles. The first-order valence-corrected chi connectivity index (χ1v) is 8.96. The number of carbonyl (C=O) groups is 1. The van der Waals surface area contributed by atoms with Gasteiger partial charge in [0.15, 0.2) is 0 Å². The molecule has 0 saturated heterocycles. The summed E-state index contributed by atoms with van der Waals surface area (Å²) in [7, 11) is -1.00. The summed E-state index contributed by atoms with van der Waals surface area (Å²) in [6.07, 6.45) is 4.64. The molecule has 4 nitrogen and oxygen atoms in total. The fourth-order valence-corrected chi connectivity index (χ4v) is 1.98. The molecule has 1 aliphatic heterocycles. The average Bonchev–Trinajstić information content (AvgIpc) is 2.58. The third-order valence-corrected chi connectivity index (χ3v) is 3.95. The van der Waals surface area contributed by atoms with E-state index in [0.29, 0.717) is 13.3 Å². The van der Waals surface area contributed by atoms with Crippen LogP contribution >= 0.6 is 0 Å². The molecule has 0 spiro atoms. The molecule has 0 atom stereocenters. The monoisotopic (exact) mass is 228 g/mol. The maximum absolute atomic E-state index is 10.6. The maximum atomic E-state index is 10.6. The number of amides is 1. The van der Waals surface area contributed by atoms with Crippen molar-refractivity contribution in [2.45, 2.75) is 25.7 Å². The number of hydrogen-bond donors (Lipinski definition) is 0. The van der Waals surface area contributed by atoms with E-state index < -0.39 is 8.07 Å². The molecule has 5 heteroatoms. The molecule has 15 heavy (non-hydrogen) atoms. The fraction of sp³-hybridized carbons (Fsp3) is 0.700. The Kier molecular flexibility index (Phi) is 4.35. The van der Waals surface area contributed by atoms with Crippen LogP contribution in [0.2, 0.25) is 25.7 Å². The first-order chi connectivity index (χ1) is 7.03. The van der Waals surface area contributed by atoms with E-state index in [2.05, 4.69) is 19.6 Å². The molecule has 0 aromatic rings. The molecule has 1 amide bonds. The zero-order chi connectivity index (χ0) is 11.3. The second kappa shape index (κ2) is 5.32. The Balaban J connectivity index is 2.15. The number of carbonyl (C=O) groups excluding carboxylic acids is 1. The second-order valence-corrected chi connectivity index (χ2v) is 10.5. The van der Waals surface area contributed by atoms with E-state index in [1.54, 1.807) is 10.0 Å². The third-order valence-electron chi connectivity index (χ3n) is 2.24. The minimum absolute atomic E-state index is 0.472. The lowest BCUT2D eigenvalue weighted by atomic mass is 10.6. The summed E-state index contributed by atoms with van der Waals surface area (Å²) in [6, 6.07) is 1.16. The minimum Gasteiger partial charge on any atom is -0.360 e. The Hall–Kier alpha value is -0.813. The van der Waals surface area contributed by atoms with Gasteiger partial charge in [-0.05, 0) is 12.1 Å². The SMILES string of the molecule is C[Si](C)(C)CCOCN1C=CCN1C=O. The lowest BCUT2D eigenvalue weighted by Gasteiger charge is -2.25. The van der Waals surface area contributed by atoms with Gasteiger partial charge in [-0.15, -0.1) is 0 Å². The van der Waals surface area contributed by atoms with Crippen LogP contribution in [0.5, 0.6) is 0 Å². The highest BCUT2D eigenvalue weighted by atomic mass is 28.3. The van der Waals surface area contributed by atoms with Crippen molar-refractivity contribution in [1.29, 1.82) is 0 Å². The van der Waals surface area contributed by atoms with Crippen molar-refractivity contribution in [3.05, 3.63) is 12.3 Å². The standard InChI is InChI=1S/C10H20N2O2Si/c1-15(2,3)8-7-14-10-12-6-4-5-11(12)9-13/h4,6,9H,5,7-8,10H2,1-3H3. The molecule has 0 radical (unpaired) electrons. The number of rotatable bonds is 6. The predicted octanol–water partition coefficient (Wildman–Crippen LogP) is 1.50. The topological polar surface area (TPSA) is 32.8 Å². The van der Waals surface area contributed by atoms with Crippen LogP contribution in [0.3, 0.4) is 0 Å². The van der Waals surface area contributed by atoms with Crippen molar-refractivity contribution in [3.8, 4) is 0 Å². The molecule has 0 aliphatic carbocycles. The Morgan fingerprint density at radius 2 is 2.20 bits per heavy atom. The molecular weight excluding hydrogens is 208 g/mol. The molecule has 0 saturated carbocycles. The van der Waals surface area contributed by atoms with Crippen molar-refractivity contribution in [2.75, 3.05) is 19.9 Å². The predicted molar refractivity (Wildman–Crippen MR) is 62.7 cm³/mol. The minimum atomic E-state index is -1.00. The number of nitrogens with zero attached hydrogens (tertiary/aromatic N) is 2. The van der Waals surface area contributed by atoms with Gasteiger partial charge in [-0.1, -0.05) is 19.6 Å². The smallest absolute Gasteiger partial charge is 0.228 e. The summed E-state index contributed by atoms with van der Waals surface area (Å²) >= 11 is 0. The van der Waals surface area contributed by atoms with Gasteiger partial charge in [0, 0.05) is 20.9 Å². The summed E-state index contributed by atoms with van der Waals surface area (Å²) in [4.78, 5) is 10.6. The first-order valence-electron chi connectivity index (χ1n) is 5.26. The van der Waals surface area contributed by atoms with Crippen molar-refractivity contribution < 1.29 is 9.53 Å². The Labute approximate surface area is 92.5 Å². The van der Waals surface area contributed by atoms with Crippen molar-refractivity contribution >= 4 is 14.5 Å². The van der Waals surface area contributed by atoms with Crippen LogP contribution in [-0.4, -0.2) is 44.4 Å². The zero-order valence-corrected chi connectivity index (χ0v) is 10.8. The Bertz CT molecular complexity index is 238. The summed E-state index contributed by atoms with van der Waals surface area (Å²) in [5, 5.41) is 3.38. The quantitative estimate of drug-likeness (QED) is 0.392. The van der Waals surface area contributed by atoms with Gasteiger partial charge < -0.3 is 4.74 Å². The molecule has 0 N–H and O–H groups in total. The highest BCUT2D eigenvalue weighted by molar-refractivity contribution is 6.76. The number of hydrogen-bond acceptors (Lipinski definition) is 3. The lowest BCUT2D eigenvalue weighted by molar-refractivity contribution is -0.134. The highest BCUT2D eigenvalue weighted by Gasteiger charge is 2.15. The molecule has 0 bridgehead atoms. The second-order valence-electron chi connectivity index (χ2n) is 4.90. The molecule has 86 valence electrons. The molecule has 0 unspecified atom stereocenters. The number of ether oxygens (including phenoxy) is 1. The molecule has 1 aliphatic rings. The van der Waals surface area contributed by atoms with Crippen LogP contribution in [0.15, 0.2) is 12.3 Å². The van der Waals surface area contributed by atoms with Gasteiger partial charge in [0.1, 0.15) is 6.73 Å². The van der Waals surface area contributed by atoms with E-state index in [-0.39, 0.29) is 0 Å². The van der Waals surface area contributed by atoms with Crippen molar-refractivity contribution in [1.82, 2.24) is 10.0 Å². The third kappa shape index (κ3) is 4.48. The molecule has 1 rings (SSSR count). The summed E-state index contributed by atoms with van der Waals surface area (Å²) < 4.78 is 5.53. The largest absolute Gasteiger partial charge is 0.360 e. The van der Waals surface area contributed by atoms with Crippen LogP contribution in [0, 0.1) is 0 Å². The molecule has 0 fully saturated rings. The fourth-order valence-electron chi connectivity index (χ4n) is 1.22. The van der Waals surface area contributed by atoms with Gasteiger partial charge in [0.25, 0.3) is 0 Å². The van der Waals surface area contributed by atoms with Crippen LogP contribution in [0.1, 0.15) is 0 Å². The zero-order valence-electron chi connectivity index (χ0n) is 9.77. The maximum Gasteiger partial charge on any atom is 0.228 e. The van der Waals surface area contributed by atoms with Crippen LogP contribution in [0.4, 0.5) is 0 Å². The van der Waals surface area contributed by atoms with Gasteiger partial charge in [0.05, 0.1) is 6.54 Å². The summed E-state index contributed by atoms with van der Waals surface area (Å²) in [5.41, 5.74) is 0. The van der Waals surface area contributed by atoms with E-state index in [4.69, 9.17) is 4.74 Å². The Morgan fingerprint density at radius 3 is 2.80 bits per heavy atom. The number of hydrazine groups is 1. The van der Waals surface area contributed by atoms with Crippen molar-refractivity contribution in [2.24, 2.45) is 0 Å². The summed E-state index contributed by atoms with van der Waals surface area (Å²) in [5.74, 6) is 0. The Morgan fingerprint density at radius 1 is 1.47 bits per heavy atom. The van der Waals surface area contributed by atoms with E-state index >= 15 is 0 Å². The average molecular weight is 228 g/mol. The van der Waals surface area contributed by atoms with Crippen molar-refractivity contribution in [3.63, 3.8) is 0 Å². The van der Waals surface area contributed by atoms with E-state index in [9.17, 15) is 4.79 Å². The molecule has 0 aromatic carbocycles. The summed E-state index contributed by atoms with van der Waals surface area (Å²) in [6.45, 7) is 8.88. The first kappa shape index (κ1) is 12.3. The van der Waals surface area contributed by atoms with Gasteiger partial charge in [0.2, 0.25) is 6.41 Å². The van der Waals surface area contributed by atoms with E-state index in [1.165, 1.54) is 0 Å².